The van der Waals surface area contributed by atoms with Crippen LogP contribution in [0.2, 0.25) is 5.02 Å². The Balaban J connectivity index is 1.98. The van der Waals surface area contributed by atoms with Gasteiger partial charge in [0.05, 0.1) is 16.7 Å². The number of rotatable bonds is 3. The highest BCUT2D eigenvalue weighted by Gasteiger charge is 2.09. The van der Waals surface area contributed by atoms with E-state index in [0.717, 1.165) is 22.2 Å². The average molecular weight is 299 g/mol. The molecule has 21 heavy (non-hydrogen) atoms. The number of pyridine rings is 1. The van der Waals surface area contributed by atoms with Crippen LogP contribution in [0.3, 0.4) is 0 Å². The first kappa shape index (κ1) is 13.7. The van der Waals surface area contributed by atoms with Gasteiger partial charge in [-0.2, -0.15) is 0 Å². The molecule has 3 rings (SSSR count). The lowest BCUT2D eigenvalue weighted by Gasteiger charge is -2.12. The molecule has 3 nitrogen and oxygen atoms in total. The van der Waals surface area contributed by atoms with Gasteiger partial charge in [0.1, 0.15) is 11.5 Å². The average Bonchev–Trinajstić information content (AvgIpc) is 2.50. The summed E-state index contributed by atoms with van der Waals surface area (Å²) in [5.41, 5.74) is 2.87. The fourth-order valence-corrected chi connectivity index (χ4v) is 2.53. The van der Waals surface area contributed by atoms with Gasteiger partial charge in [-0.3, -0.25) is 4.98 Å². The standard InChI is InChI=1S/C17H15ClN2O/c1-11-7-13(19-2)9-15(18)17(11)21-14-8-12-5-3-4-6-16(12)20-10-14/h3-10,19H,1-2H3. The van der Waals surface area contributed by atoms with E-state index in [2.05, 4.69) is 10.3 Å². The summed E-state index contributed by atoms with van der Waals surface area (Å²) >= 11 is 6.30. The van der Waals surface area contributed by atoms with Crippen LogP contribution in [-0.4, -0.2) is 12.0 Å². The summed E-state index contributed by atoms with van der Waals surface area (Å²) in [6, 6.07) is 13.7. The van der Waals surface area contributed by atoms with E-state index in [9.17, 15) is 0 Å². The lowest BCUT2D eigenvalue weighted by atomic mass is 10.2. The monoisotopic (exact) mass is 298 g/mol. The fourth-order valence-electron chi connectivity index (χ4n) is 2.23. The fraction of sp³-hybridized carbons (Fsp3) is 0.118. The number of anilines is 1. The molecule has 2 aromatic carbocycles. The number of fused-ring (bicyclic) bond motifs is 1. The van der Waals surface area contributed by atoms with Crippen LogP contribution in [0.5, 0.6) is 11.5 Å². The topological polar surface area (TPSA) is 34.1 Å². The molecule has 1 N–H and O–H groups in total. The van der Waals surface area contributed by atoms with Crippen LogP contribution in [0, 0.1) is 6.92 Å². The Morgan fingerprint density at radius 3 is 2.71 bits per heavy atom. The number of ether oxygens (including phenoxy) is 1. The van der Waals surface area contributed by atoms with E-state index >= 15 is 0 Å². The molecule has 0 spiro atoms. The van der Waals surface area contributed by atoms with Crippen molar-refractivity contribution in [1.82, 2.24) is 4.98 Å². The lowest BCUT2D eigenvalue weighted by Crippen LogP contribution is -1.94. The first-order valence-electron chi connectivity index (χ1n) is 6.68. The molecule has 0 amide bonds. The van der Waals surface area contributed by atoms with Gasteiger partial charge in [0.2, 0.25) is 0 Å². The van der Waals surface area contributed by atoms with Gasteiger partial charge < -0.3 is 10.1 Å². The Morgan fingerprint density at radius 2 is 1.95 bits per heavy atom. The minimum atomic E-state index is 0.576. The summed E-state index contributed by atoms with van der Waals surface area (Å²) in [4.78, 5) is 4.39. The van der Waals surface area contributed by atoms with Gasteiger partial charge in [-0.1, -0.05) is 29.8 Å². The molecule has 106 valence electrons. The molecule has 1 aromatic heterocycles. The number of nitrogens with zero attached hydrogens (tertiary/aromatic N) is 1. The number of benzene rings is 2. The first-order valence-corrected chi connectivity index (χ1v) is 7.06. The van der Waals surface area contributed by atoms with Gasteiger partial charge >= 0.3 is 0 Å². The van der Waals surface area contributed by atoms with E-state index in [1.807, 2.05) is 56.4 Å². The number of hydrogen-bond donors (Lipinski definition) is 1. The molecule has 0 saturated heterocycles. The Labute approximate surface area is 128 Å². The van der Waals surface area contributed by atoms with Gasteiger partial charge in [0.25, 0.3) is 0 Å². The van der Waals surface area contributed by atoms with Crippen LogP contribution in [0.15, 0.2) is 48.7 Å². The zero-order chi connectivity index (χ0) is 14.8. The molecule has 3 aromatic rings. The highest BCUT2D eigenvalue weighted by atomic mass is 35.5. The molecule has 0 unspecified atom stereocenters. The van der Waals surface area contributed by atoms with Gasteiger partial charge in [-0.05, 0) is 36.8 Å². The molecule has 0 bridgehead atoms. The predicted molar refractivity (Wildman–Crippen MR) is 87.6 cm³/mol. The third-order valence-electron chi connectivity index (χ3n) is 3.30. The maximum Gasteiger partial charge on any atom is 0.149 e. The van der Waals surface area contributed by atoms with Crippen molar-refractivity contribution in [3.8, 4) is 11.5 Å². The molecule has 1 heterocycles. The molecule has 4 heteroatoms. The van der Waals surface area contributed by atoms with Crippen LogP contribution in [-0.2, 0) is 0 Å². The summed E-state index contributed by atoms with van der Waals surface area (Å²) in [6.07, 6.45) is 1.71. The zero-order valence-corrected chi connectivity index (χ0v) is 12.6. The number of aryl methyl sites for hydroxylation is 1. The van der Waals surface area contributed by atoms with E-state index in [1.165, 1.54) is 0 Å². The van der Waals surface area contributed by atoms with E-state index in [4.69, 9.17) is 16.3 Å². The number of para-hydroxylation sites is 1. The third kappa shape index (κ3) is 2.78. The number of aromatic nitrogens is 1. The molecule has 0 aliphatic heterocycles. The quantitative estimate of drug-likeness (QED) is 0.736. The smallest absolute Gasteiger partial charge is 0.149 e. The second-order valence-electron chi connectivity index (χ2n) is 4.82. The molecule has 0 aliphatic carbocycles. The Hall–Kier alpha value is -2.26. The van der Waals surface area contributed by atoms with Crippen LogP contribution in [0.4, 0.5) is 5.69 Å². The second kappa shape index (κ2) is 5.62. The lowest BCUT2D eigenvalue weighted by molar-refractivity contribution is 0.478. The van der Waals surface area contributed by atoms with Gasteiger partial charge in [0, 0.05) is 18.1 Å². The van der Waals surface area contributed by atoms with Crippen molar-refractivity contribution in [2.45, 2.75) is 6.92 Å². The van der Waals surface area contributed by atoms with E-state index in [1.54, 1.807) is 6.20 Å². The van der Waals surface area contributed by atoms with Gasteiger partial charge in [-0.25, -0.2) is 0 Å². The second-order valence-corrected chi connectivity index (χ2v) is 5.23. The number of halogens is 1. The number of hydrogen-bond acceptors (Lipinski definition) is 3. The van der Waals surface area contributed by atoms with Crippen molar-refractivity contribution in [3.63, 3.8) is 0 Å². The first-order chi connectivity index (χ1) is 10.2. The molecule has 0 atom stereocenters. The predicted octanol–water partition coefficient (Wildman–Crippen LogP) is 5.03. The molecule has 0 saturated carbocycles. The molecule has 0 aliphatic rings. The summed E-state index contributed by atoms with van der Waals surface area (Å²) in [5, 5.41) is 4.69. The van der Waals surface area contributed by atoms with Crippen LogP contribution in [0.1, 0.15) is 5.56 Å². The van der Waals surface area contributed by atoms with Crippen molar-refractivity contribution < 1.29 is 4.74 Å². The number of nitrogens with one attached hydrogen (secondary N) is 1. The van der Waals surface area contributed by atoms with Gasteiger partial charge in [0.15, 0.2) is 0 Å². The van der Waals surface area contributed by atoms with E-state index in [0.29, 0.717) is 16.5 Å². The van der Waals surface area contributed by atoms with Crippen LogP contribution < -0.4 is 10.1 Å². The van der Waals surface area contributed by atoms with Crippen molar-refractivity contribution in [3.05, 3.63) is 59.2 Å². The van der Waals surface area contributed by atoms with Crippen molar-refractivity contribution in [2.24, 2.45) is 0 Å². The van der Waals surface area contributed by atoms with Crippen molar-refractivity contribution in [1.29, 1.82) is 0 Å². The molecule has 0 radical (unpaired) electrons. The maximum absolute atomic E-state index is 6.30. The van der Waals surface area contributed by atoms with E-state index < -0.39 is 0 Å². The van der Waals surface area contributed by atoms with Gasteiger partial charge in [-0.15, -0.1) is 0 Å². The Bertz CT molecular complexity index is 779. The van der Waals surface area contributed by atoms with Crippen molar-refractivity contribution >= 4 is 28.2 Å². The summed E-state index contributed by atoms with van der Waals surface area (Å²) < 4.78 is 5.93. The van der Waals surface area contributed by atoms with Crippen LogP contribution >= 0.6 is 11.6 Å². The summed E-state index contributed by atoms with van der Waals surface area (Å²) in [7, 11) is 1.86. The molecular weight excluding hydrogens is 284 g/mol. The largest absolute Gasteiger partial charge is 0.454 e. The zero-order valence-electron chi connectivity index (χ0n) is 11.9. The highest BCUT2D eigenvalue weighted by Crippen LogP contribution is 2.35. The Kier molecular flexibility index (Phi) is 3.67. The summed E-state index contributed by atoms with van der Waals surface area (Å²) in [6.45, 7) is 1.97. The van der Waals surface area contributed by atoms with E-state index in [-0.39, 0.29) is 0 Å². The normalized spacial score (nSPS) is 10.6. The maximum atomic E-state index is 6.30. The SMILES string of the molecule is CNc1cc(C)c(Oc2cnc3ccccc3c2)c(Cl)c1. The summed E-state index contributed by atoms with van der Waals surface area (Å²) in [5.74, 6) is 1.34. The highest BCUT2D eigenvalue weighted by molar-refractivity contribution is 6.32. The third-order valence-corrected chi connectivity index (χ3v) is 3.58. The molecule has 0 fully saturated rings. The minimum Gasteiger partial charge on any atom is -0.454 e. The Morgan fingerprint density at radius 1 is 1.14 bits per heavy atom. The minimum absolute atomic E-state index is 0.576. The van der Waals surface area contributed by atoms with Crippen LogP contribution in [0.25, 0.3) is 10.9 Å². The molecular formula is C17H15ClN2O. The van der Waals surface area contributed by atoms with Crippen molar-refractivity contribution in [2.75, 3.05) is 12.4 Å².